The van der Waals surface area contributed by atoms with E-state index in [-0.39, 0.29) is 17.9 Å². The second-order valence-electron chi connectivity index (χ2n) is 6.49. The van der Waals surface area contributed by atoms with Crippen LogP contribution in [-0.2, 0) is 13.0 Å². The molecular weight excluding hydrogens is 314 g/mol. The molecule has 1 aliphatic rings. The van der Waals surface area contributed by atoms with Crippen molar-refractivity contribution in [2.45, 2.75) is 39.3 Å². The molecule has 0 fully saturated rings. The van der Waals surface area contributed by atoms with Gasteiger partial charge in [0.15, 0.2) is 0 Å². The van der Waals surface area contributed by atoms with Gasteiger partial charge >= 0.3 is 0 Å². The number of hydrogen-bond donors (Lipinski definition) is 1. The van der Waals surface area contributed by atoms with E-state index in [0.717, 1.165) is 12.8 Å². The van der Waals surface area contributed by atoms with Crippen molar-refractivity contribution in [3.8, 4) is 0 Å². The number of benzene rings is 1. The Morgan fingerprint density at radius 3 is 2.68 bits per heavy atom. The Morgan fingerprint density at radius 2 is 1.92 bits per heavy atom. The fourth-order valence-electron chi connectivity index (χ4n) is 2.94. The Balaban J connectivity index is 1.75. The predicted molar refractivity (Wildman–Crippen MR) is 96.3 cm³/mol. The van der Waals surface area contributed by atoms with E-state index >= 15 is 0 Å². The summed E-state index contributed by atoms with van der Waals surface area (Å²) in [7, 11) is 0. The molecule has 0 saturated heterocycles. The smallest absolute Gasteiger partial charge is 0.255 e. The molecule has 2 aromatic rings. The van der Waals surface area contributed by atoms with Crippen LogP contribution >= 0.6 is 0 Å². The fraction of sp³-hybridized carbons (Fsp3) is 0.350. The van der Waals surface area contributed by atoms with Gasteiger partial charge < -0.3 is 10.2 Å². The number of hydrogen-bond acceptors (Lipinski definition) is 3. The maximum atomic E-state index is 12.8. The molecule has 0 aliphatic carbocycles. The summed E-state index contributed by atoms with van der Waals surface area (Å²) in [5.74, 6) is -0.277. The summed E-state index contributed by atoms with van der Waals surface area (Å²) in [4.78, 5) is 31.0. The highest BCUT2D eigenvalue weighted by molar-refractivity contribution is 5.99. The molecule has 1 aromatic heterocycles. The highest BCUT2D eigenvalue weighted by Crippen LogP contribution is 2.20. The van der Waals surface area contributed by atoms with Crippen LogP contribution in [-0.4, -0.2) is 34.3 Å². The predicted octanol–water partition coefficient (Wildman–Crippen LogP) is 2.81. The zero-order valence-corrected chi connectivity index (χ0v) is 14.7. The summed E-state index contributed by atoms with van der Waals surface area (Å²) in [5.41, 5.74) is 3.35. The molecular formula is C20H23N3O2. The van der Waals surface area contributed by atoms with Crippen molar-refractivity contribution in [2.75, 3.05) is 6.54 Å². The maximum absolute atomic E-state index is 12.8. The molecule has 0 spiro atoms. The molecule has 2 amide bonds. The molecule has 25 heavy (non-hydrogen) atoms. The van der Waals surface area contributed by atoms with Gasteiger partial charge in [0.25, 0.3) is 11.8 Å². The average molecular weight is 337 g/mol. The first-order valence-electron chi connectivity index (χ1n) is 8.70. The lowest BCUT2D eigenvalue weighted by atomic mass is 9.99. The van der Waals surface area contributed by atoms with Gasteiger partial charge in [0, 0.05) is 31.5 Å². The number of amides is 2. The third-order valence-corrected chi connectivity index (χ3v) is 4.66. The van der Waals surface area contributed by atoms with E-state index in [2.05, 4.69) is 22.4 Å². The summed E-state index contributed by atoms with van der Waals surface area (Å²) in [6, 6.07) is 9.91. The number of carbonyl (C=O) groups excluding carboxylic acids is 2. The Hall–Kier alpha value is -2.69. The van der Waals surface area contributed by atoms with Crippen LogP contribution < -0.4 is 5.32 Å². The molecule has 1 aliphatic heterocycles. The minimum absolute atomic E-state index is 0.0832. The summed E-state index contributed by atoms with van der Waals surface area (Å²) in [6.07, 6.45) is 4.73. The van der Waals surface area contributed by atoms with Crippen LogP contribution in [0.2, 0.25) is 0 Å². The summed E-state index contributed by atoms with van der Waals surface area (Å²) < 4.78 is 0. The fourth-order valence-corrected chi connectivity index (χ4v) is 2.94. The van der Waals surface area contributed by atoms with Crippen molar-refractivity contribution in [2.24, 2.45) is 0 Å². The van der Waals surface area contributed by atoms with Gasteiger partial charge in [0.1, 0.15) is 0 Å². The molecule has 2 heterocycles. The molecule has 1 aromatic carbocycles. The Morgan fingerprint density at radius 1 is 1.20 bits per heavy atom. The molecule has 0 bridgehead atoms. The van der Waals surface area contributed by atoms with Crippen LogP contribution in [0.4, 0.5) is 0 Å². The number of carbonyl (C=O) groups is 2. The summed E-state index contributed by atoms with van der Waals surface area (Å²) in [6.45, 7) is 5.24. The standard InChI is InChI=1S/C20H23N3O2/c1-3-14(2)22-19(24)17-10-18(12-21-11-17)20(25)23-9-8-15-6-4-5-7-16(15)13-23/h4-7,10-12,14H,3,8-9,13H2,1-2H3,(H,22,24). The third-order valence-electron chi connectivity index (χ3n) is 4.66. The van der Waals surface area contributed by atoms with Crippen LogP contribution in [0.3, 0.4) is 0 Å². The van der Waals surface area contributed by atoms with Crippen molar-refractivity contribution < 1.29 is 9.59 Å². The van der Waals surface area contributed by atoms with Gasteiger partial charge in [0.2, 0.25) is 0 Å². The summed E-state index contributed by atoms with van der Waals surface area (Å²) >= 11 is 0. The molecule has 5 heteroatoms. The lowest BCUT2D eigenvalue weighted by Gasteiger charge is -2.29. The van der Waals surface area contributed by atoms with E-state index < -0.39 is 0 Å². The van der Waals surface area contributed by atoms with Gasteiger partial charge in [-0.3, -0.25) is 14.6 Å². The van der Waals surface area contributed by atoms with E-state index in [9.17, 15) is 9.59 Å². The first kappa shape index (κ1) is 17.1. The van der Waals surface area contributed by atoms with Crippen LogP contribution in [0.1, 0.15) is 52.1 Å². The van der Waals surface area contributed by atoms with Gasteiger partial charge in [-0.2, -0.15) is 0 Å². The number of aromatic nitrogens is 1. The molecule has 5 nitrogen and oxygen atoms in total. The van der Waals surface area contributed by atoms with E-state index in [4.69, 9.17) is 0 Å². The molecule has 0 radical (unpaired) electrons. The first-order chi connectivity index (χ1) is 12.1. The topological polar surface area (TPSA) is 62.3 Å². The quantitative estimate of drug-likeness (QED) is 0.933. The minimum atomic E-state index is -0.194. The molecule has 1 N–H and O–H groups in total. The Kier molecular flexibility index (Phi) is 5.12. The van der Waals surface area contributed by atoms with Gasteiger partial charge in [-0.1, -0.05) is 31.2 Å². The number of nitrogens with one attached hydrogen (secondary N) is 1. The SMILES string of the molecule is CCC(C)NC(=O)c1cncc(C(=O)N2CCc3ccccc3C2)c1. The average Bonchev–Trinajstić information content (AvgIpc) is 2.67. The first-order valence-corrected chi connectivity index (χ1v) is 8.70. The minimum Gasteiger partial charge on any atom is -0.350 e. The normalized spacial score (nSPS) is 14.6. The maximum Gasteiger partial charge on any atom is 0.255 e. The molecule has 0 saturated carbocycles. The van der Waals surface area contributed by atoms with Gasteiger partial charge in [-0.15, -0.1) is 0 Å². The van der Waals surface area contributed by atoms with Gasteiger partial charge in [-0.25, -0.2) is 0 Å². The van der Waals surface area contributed by atoms with E-state index in [0.29, 0.717) is 24.2 Å². The van der Waals surface area contributed by atoms with Crippen LogP contribution in [0, 0.1) is 0 Å². The van der Waals surface area contributed by atoms with Crippen LogP contribution in [0.5, 0.6) is 0 Å². The van der Waals surface area contributed by atoms with Crippen molar-refractivity contribution >= 4 is 11.8 Å². The largest absolute Gasteiger partial charge is 0.350 e. The number of rotatable bonds is 4. The molecule has 3 rings (SSSR count). The highest BCUT2D eigenvalue weighted by atomic mass is 16.2. The zero-order chi connectivity index (χ0) is 17.8. The number of fused-ring (bicyclic) bond motifs is 1. The molecule has 130 valence electrons. The van der Waals surface area contributed by atoms with Gasteiger partial charge in [-0.05, 0) is 37.0 Å². The van der Waals surface area contributed by atoms with Crippen LogP contribution in [0.25, 0.3) is 0 Å². The summed E-state index contributed by atoms with van der Waals surface area (Å²) in [5, 5.41) is 2.90. The number of pyridine rings is 1. The van der Waals surface area contributed by atoms with E-state index in [1.807, 2.05) is 30.9 Å². The molecule has 1 unspecified atom stereocenters. The van der Waals surface area contributed by atoms with Gasteiger partial charge in [0.05, 0.1) is 11.1 Å². The lowest BCUT2D eigenvalue weighted by molar-refractivity contribution is 0.0734. The highest BCUT2D eigenvalue weighted by Gasteiger charge is 2.22. The Bertz CT molecular complexity index is 788. The van der Waals surface area contributed by atoms with Crippen LogP contribution in [0.15, 0.2) is 42.7 Å². The van der Waals surface area contributed by atoms with Crippen molar-refractivity contribution in [1.82, 2.24) is 15.2 Å². The number of nitrogens with zero attached hydrogens (tertiary/aromatic N) is 2. The Labute approximate surface area is 148 Å². The lowest BCUT2D eigenvalue weighted by Crippen LogP contribution is -2.36. The van der Waals surface area contributed by atoms with E-state index in [1.165, 1.54) is 23.5 Å². The monoisotopic (exact) mass is 337 g/mol. The second kappa shape index (κ2) is 7.47. The van der Waals surface area contributed by atoms with Crippen molar-refractivity contribution in [1.29, 1.82) is 0 Å². The van der Waals surface area contributed by atoms with Crippen molar-refractivity contribution in [3.05, 3.63) is 65.0 Å². The van der Waals surface area contributed by atoms with E-state index in [1.54, 1.807) is 6.07 Å². The zero-order valence-electron chi connectivity index (χ0n) is 14.7. The second-order valence-corrected chi connectivity index (χ2v) is 6.49. The molecule has 1 atom stereocenters. The third kappa shape index (κ3) is 3.87. The van der Waals surface area contributed by atoms with Crippen molar-refractivity contribution in [3.63, 3.8) is 0 Å².